The lowest BCUT2D eigenvalue weighted by molar-refractivity contribution is -0.160. The van der Waals surface area contributed by atoms with Gasteiger partial charge < -0.3 is 44.8 Å². The van der Waals surface area contributed by atoms with Crippen molar-refractivity contribution in [2.75, 3.05) is 0 Å². The Kier molecular flexibility index (Phi) is 7.47. The number of carboxylic acids is 2. The number of esters is 1. The van der Waals surface area contributed by atoms with E-state index in [0.29, 0.717) is 11.1 Å². The number of carboxylic acid groups (broad SMARTS) is 2. The molecular weight excluding hydrogens is 516 g/mol. The van der Waals surface area contributed by atoms with Crippen LogP contribution in [0.25, 0.3) is 6.08 Å². The van der Waals surface area contributed by atoms with E-state index in [1.165, 1.54) is 54.6 Å². The Bertz CT molecular complexity index is 1460. The first-order valence-electron chi connectivity index (χ1n) is 11.4. The van der Waals surface area contributed by atoms with Gasteiger partial charge in [0.25, 0.3) is 0 Å². The number of phenols is 4. The highest BCUT2D eigenvalue weighted by atomic mass is 16.6. The van der Waals surface area contributed by atoms with Crippen molar-refractivity contribution in [3.8, 4) is 34.5 Å². The number of benzene rings is 3. The number of fused-ring (bicyclic) bond motifs is 1. The molecule has 1 aliphatic heterocycles. The lowest BCUT2D eigenvalue weighted by atomic mass is 10.0. The van der Waals surface area contributed by atoms with Crippen molar-refractivity contribution in [3.05, 3.63) is 77.4 Å². The molecule has 0 aromatic heterocycles. The SMILES string of the molecule is O=C(C=Cc1ccc2c(c1)O[C@@H](C(=O)O)[C@@H](c1ccc(O)c(O)c1)O2)O[C@H](Cc1ccc(O)c(O)c1)C(=O)O. The Hall–Kier alpha value is -5.39. The molecule has 0 saturated carbocycles. The second-order valence-electron chi connectivity index (χ2n) is 8.49. The van der Waals surface area contributed by atoms with Gasteiger partial charge in [-0.1, -0.05) is 18.2 Å². The molecule has 3 atom stereocenters. The van der Waals surface area contributed by atoms with E-state index in [-0.39, 0.29) is 35.0 Å². The first kappa shape index (κ1) is 26.7. The van der Waals surface area contributed by atoms with Crippen LogP contribution in [-0.4, -0.2) is 60.8 Å². The second kappa shape index (κ2) is 10.9. The third kappa shape index (κ3) is 6.13. The molecule has 6 N–H and O–H groups in total. The quantitative estimate of drug-likeness (QED) is 0.139. The van der Waals surface area contributed by atoms with Gasteiger partial charge in [-0.05, 0) is 53.6 Å². The molecule has 4 rings (SSSR count). The summed E-state index contributed by atoms with van der Waals surface area (Å²) in [7, 11) is 0. The first-order chi connectivity index (χ1) is 18.5. The number of phenolic OH excluding ortho intramolecular Hbond substituents is 4. The van der Waals surface area contributed by atoms with E-state index in [4.69, 9.17) is 14.2 Å². The number of hydrogen-bond acceptors (Lipinski definition) is 10. The van der Waals surface area contributed by atoms with Crippen LogP contribution in [0.3, 0.4) is 0 Å². The highest BCUT2D eigenvalue weighted by Gasteiger charge is 2.38. The lowest BCUT2D eigenvalue weighted by Gasteiger charge is -2.32. The second-order valence-corrected chi connectivity index (χ2v) is 8.49. The Balaban J connectivity index is 1.47. The molecule has 39 heavy (non-hydrogen) atoms. The highest BCUT2D eigenvalue weighted by Crippen LogP contribution is 2.41. The standard InChI is InChI=1S/C27H22O12/c28-16-5-1-14(9-18(16)30)11-22(26(33)34)37-23(32)8-3-13-2-7-20-21(10-13)39-25(27(35)36)24(38-20)15-4-6-17(29)19(31)12-15/h1-10,12,22,24-25,28-31H,11H2,(H,33,34)(H,35,36)/t22-,24-,25-/m1/s1. The summed E-state index contributed by atoms with van der Waals surface area (Å²) in [5, 5.41) is 57.3. The molecule has 202 valence electrons. The first-order valence-corrected chi connectivity index (χ1v) is 11.4. The molecule has 0 radical (unpaired) electrons. The number of aliphatic carboxylic acids is 2. The fraction of sp³-hybridized carbons (Fsp3) is 0.148. The maximum absolute atomic E-state index is 12.3. The summed E-state index contributed by atoms with van der Waals surface area (Å²) in [4.78, 5) is 35.7. The Labute approximate surface area is 220 Å². The fourth-order valence-electron chi connectivity index (χ4n) is 3.79. The van der Waals surface area contributed by atoms with Crippen molar-refractivity contribution in [1.82, 2.24) is 0 Å². The van der Waals surface area contributed by atoms with E-state index in [2.05, 4.69) is 0 Å². The lowest BCUT2D eigenvalue weighted by Crippen LogP contribution is -2.39. The van der Waals surface area contributed by atoms with Crippen LogP contribution in [0.4, 0.5) is 0 Å². The summed E-state index contributed by atoms with van der Waals surface area (Å²) >= 11 is 0. The molecule has 12 nitrogen and oxygen atoms in total. The molecule has 3 aromatic carbocycles. The minimum atomic E-state index is -1.57. The van der Waals surface area contributed by atoms with Crippen molar-refractivity contribution in [1.29, 1.82) is 0 Å². The van der Waals surface area contributed by atoms with E-state index in [1.54, 1.807) is 0 Å². The van der Waals surface area contributed by atoms with Gasteiger partial charge in [0, 0.05) is 18.1 Å². The number of carbonyl (C=O) groups is 3. The molecule has 0 spiro atoms. The smallest absolute Gasteiger partial charge is 0.349 e. The van der Waals surface area contributed by atoms with Gasteiger partial charge in [0.1, 0.15) is 0 Å². The van der Waals surface area contributed by atoms with E-state index in [9.17, 15) is 45.0 Å². The van der Waals surface area contributed by atoms with Crippen molar-refractivity contribution in [3.63, 3.8) is 0 Å². The van der Waals surface area contributed by atoms with Gasteiger partial charge in [-0.3, -0.25) is 0 Å². The number of carbonyl (C=O) groups excluding carboxylic acids is 1. The minimum Gasteiger partial charge on any atom is -0.504 e. The van der Waals surface area contributed by atoms with Crippen molar-refractivity contribution in [2.24, 2.45) is 0 Å². The van der Waals surface area contributed by atoms with Gasteiger partial charge in [0.05, 0.1) is 0 Å². The third-order valence-corrected chi connectivity index (χ3v) is 5.73. The van der Waals surface area contributed by atoms with E-state index >= 15 is 0 Å². The Morgan fingerprint density at radius 3 is 2.15 bits per heavy atom. The van der Waals surface area contributed by atoms with Crippen LogP contribution in [0, 0.1) is 0 Å². The fourth-order valence-corrected chi connectivity index (χ4v) is 3.79. The molecule has 0 fully saturated rings. The largest absolute Gasteiger partial charge is 0.504 e. The zero-order chi connectivity index (χ0) is 28.3. The van der Waals surface area contributed by atoms with Gasteiger partial charge in [-0.2, -0.15) is 0 Å². The highest BCUT2D eigenvalue weighted by molar-refractivity contribution is 5.89. The predicted molar refractivity (Wildman–Crippen MR) is 132 cm³/mol. The van der Waals surface area contributed by atoms with Gasteiger partial charge in [0.15, 0.2) is 40.6 Å². The number of ether oxygens (including phenoxy) is 3. The third-order valence-electron chi connectivity index (χ3n) is 5.73. The molecule has 0 aliphatic carbocycles. The number of rotatable bonds is 8. The zero-order valence-corrected chi connectivity index (χ0v) is 19.9. The normalized spacial score (nSPS) is 16.9. The molecule has 3 aromatic rings. The average Bonchev–Trinajstić information content (AvgIpc) is 2.89. The van der Waals surface area contributed by atoms with Crippen molar-refractivity contribution in [2.45, 2.75) is 24.7 Å². The van der Waals surface area contributed by atoms with Crippen molar-refractivity contribution >= 4 is 24.0 Å². The van der Waals surface area contributed by atoms with Gasteiger partial charge in [-0.15, -0.1) is 0 Å². The summed E-state index contributed by atoms with van der Waals surface area (Å²) in [5.41, 5.74) is 0.954. The zero-order valence-electron chi connectivity index (χ0n) is 19.9. The summed E-state index contributed by atoms with van der Waals surface area (Å²) in [6, 6.07) is 11.9. The number of aromatic hydroxyl groups is 4. The summed E-state index contributed by atoms with van der Waals surface area (Å²) < 4.78 is 16.4. The van der Waals surface area contributed by atoms with Crippen LogP contribution in [0.2, 0.25) is 0 Å². The molecule has 1 aliphatic rings. The van der Waals surface area contributed by atoms with Crippen LogP contribution in [0.1, 0.15) is 22.8 Å². The Morgan fingerprint density at radius 1 is 0.821 bits per heavy atom. The summed E-state index contributed by atoms with van der Waals surface area (Å²) in [5.74, 6) is -5.15. The summed E-state index contributed by atoms with van der Waals surface area (Å²) in [6.45, 7) is 0. The van der Waals surface area contributed by atoms with Crippen LogP contribution >= 0.6 is 0 Å². The monoisotopic (exact) mass is 538 g/mol. The van der Waals surface area contributed by atoms with E-state index in [0.717, 1.165) is 12.1 Å². The molecule has 0 saturated heterocycles. The van der Waals surface area contributed by atoms with Crippen LogP contribution < -0.4 is 9.47 Å². The molecular formula is C27H22O12. The van der Waals surface area contributed by atoms with E-state index in [1.807, 2.05) is 0 Å². The van der Waals surface area contributed by atoms with E-state index < -0.39 is 47.7 Å². The molecule has 0 unspecified atom stereocenters. The maximum Gasteiger partial charge on any atom is 0.349 e. The van der Waals surface area contributed by atoms with Crippen LogP contribution in [0.5, 0.6) is 34.5 Å². The minimum absolute atomic E-state index is 0.0627. The summed E-state index contributed by atoms with van der Waals surface area (Å²) in [6.07, 6.45) is -2.19. The Morgan fingerprint density at radius 2 is 1.51 bits per heavy atom. The van der Waals surface area contributed by atoms with Gasteiger partial charge >= 0.3 is 17.9 Å². The molecule has 0 amide bonds. The van der Waals surface area contributed by atoms with Crippen LogP contribution in [0.15, 0.2) is 60.7 Å². The predicted octanol–water partition coefficient (Wildman–Crippen LogP) is 2.73. The topological polar surface area (TPSA) is 200 Å². The van der Waals surface area contributed by atoms with Crippen LogP contribution in [-0.2, 0) is 25.5 Å². The van der Waals surface area contributed by atoms with Gasteiger partial charge in [0.2, 0.25) is 12.2 Å². The molecule has 12 heteroatoms. The van der Waals surface area contributed by atoms with Gasteiger partial charge in [-0.25, -0.2) is 14.4 Å². The average molecular weight is 538 g/mol. The maximum atomic E-state index is 12.3. The van der Waals surface area contributed by atoms with Crippen molar-refractivity contribution < 1.29 is 59.2 Å². The molecule has 1 heterocycles. The number of hydrogen-bond donors (Lipinski definition) is 6. The molecule has 0 bridgehead atoms.